The van der Waals surface area contributed by atoms with Gasteiger partial charge in [0.2, 0.25) is 0 Å². The van der Waals surface area contributed by atoms with Gasteiger partial charge in [-0.1, -0.05) is 15.9 Å². The van der Waals surface area contributed by atoms with Crippen LogP contribution in [0.4, 0.5) is 5.69 Å². The zero-order valence-electron chi connectivity index (χ0n) is 10.6. The molecular weight excluding hydrogens is 328 g/mol. The Bertz CT molecular complexity index is 605. The first kappa shape index (κ1) is 15.9. The van der Waals surface area contributed by atoms with Crippen molar-refractivity contribution in [3.8, 4) is 6.07 Å². The molecule has 0 unspecified atom stereocenters. The van der Waals surface area contributed by atoms with E-state index < -0.39 is 10.9 Å². The van der Waals surface area contributed by atoms with Gasteiger partial charge in [-0.3, -0.25) is 10.1 Å². The maximum Gasteiger partial charge on any atom is 0.335 e. The number of hydrogen-bond donors (Lipinski definition) is 0. The highest BCUT2D eigenvalue weighted by Crippen LogP contribution is 2.26. The lowest BCUT2D eigenvalue weighted by Gasteiger charge is -2.04. The third-order valence-corrected chi connectivity index (χ3v) is 2.82. The molecule has 20 heavy (non-hydrogen) atoms. The number of rotatable bonds is 5. The smallest absolute Gasteiger partial charge is 0.335 e. The Morgan fingerprint density at radius 3 is 2.85 bits per heavy atom. The summed E-state index contributed by atoms with van der Waals surface area (Å²) in [6.07, 6.45) is 1.14. The quantitative estimate of drug-likeness (QED) is 0.355. The molecule has 0 aromatic heterocycles. The lowest BCUT2D eigenvalue weighted by Crippen LogP contribution is -2.07. The molecule has 0 bridgehead atoms. The highest BCUT2D eigenvalue weighted by atomic mass is 79.9. The molecule has 7 heteroatoms. The number of esters is 1. The molecule has 0 atom stereocenters. The summed E-state index contributed by atoms with van der Waals surface area (Å²) in [5.74, 6) is -0.647. The summed E-state index contributed by atoms with van der Waals surface area (Å²) in [6, 6.07) is 6.29. The van der Waals surface area contributed by atoms with Crippen molar-refractivity contribution in [3.05, 3.63) is 43.9 Å². The molecule has 0 spiro atoms. The van der Waals surface area contributed by atoms with Gasteiger partial charge in [0.05, 0.1) is 35.2 Å². The summed E-state index contributed by atoms with van der Waals surface area (Å²) in [7, 11) is 0. The second-order valence-electron chi connectivity index (χ2n) is 3.69. The Morgan fingerprint density at radius 2 is 2.30 bits per heavy atom. The van der Waals surface area contributed by atoms with Crippen LogP contribution in [0.3, 0.4) is 0 Å². The molecule has 1 rings (SSSR count). The minimum absolute atomic E-state index is 0.0831. The molecule has 0 heterocycles. The minimum Gasteiger partial charge on any atom is -0.463 e. The Hall–Kier alpha value is -2.20. The van der Waals surface area contributed by atoms with E-state index in [2.05, 4.69) is 15.9 Å². The van der Waals surface area contributed by atoms with E-state index in [1.165, 1.54) is 18.2 Å². The maximum atomic E-state index is 11.7. The van der Waals surface area contributed by atoms with E-state index in [4.69, 9.17) is 10.00 Å². The van der Waals surface area contributed by atoms with Gasteiger partial charge < -0.3 is 4.74 Å². The predicted octanol–water partition coefficient (Wildman–Crippen LogP) is 3.22. The summed E-state index contributed by atoms with van der Waals surface area (Å²) in [6.45, 7) is 1.81. The first-order chi connectivity index (χ1) is 9.49. The minimum atomic E-state index is -0.647. The van der Waals surface area contributed by atoms with Crippen LogP contribution in [0.25, 0.3) is 6.08 Å². The number of nitriles is 1. The van der Waals surface area contributed by atoms with Crippen molar-refractivity contribution >= 4 is 33.7 Å². The van der Waals surface area contributed by atoms with Crippen LogP contribution < -0.4 is 0 Å². The molecule has 0 aliphatic carbocycles. The van der Waals surface area contributed by atoms with Crippen LogP contribution in [-0.4, -0.2) is 17.5 Å². The Morgan fingerprint density at radius 1 is 1.60 bits per heavy atom. The van der Waals surface area contributed by atoms with Crippen LogP contribution in [0.15, 0.2) is 28.2 Å². The van der Waals surface area contributed by atoms with Gasteiger partial charge in [-0.05, 0) is 25.1 Å². The van der Waals surface area contributed by atoms with E-state index >= 15 is 0 Å². The molecule has 0 aliphatic heterocycles. The number of hydrogen-bond acceptors (Lipinski definition) is 5. The predicted molar refractivity (Wildman–Crippen MR) is 75.6 cm³/mol. The molecule has 0 fully saturated rings. The lowest BCUT2D eigenvalue weighted by molar-refractivity contribution is -0.385. The number of benzene rings is 1. The number of carbonyl (C=O) groups excluding carboxylic acids is 1. The van der Waals surface area contributed by atoms with Crippen LogP contribution in [0.2, 0.25) is 0 Å². The molecule has 1 aromatic rings. The number of ether oxygens (including phenoxy) is 1. The number of carbonyl (C=O) groups is 1. The Labute approximate surface area is 123 Å². The Kier molecular flexibility index (Phi) is 5.87. The van der Waals surface area contributed by atoms with Crippen molar-refractivity contribution in [1.82, 2.24) is 0 Å². The van der Waals surface area contributed by atoms with Crippen molar-refractivity contribution in [1.29, 1.82) is 5.26 Å². The summed E-state index contributed by atoms with van der Waals surface area (Å²) >= 11 is 3.15. The van der Waals surface area contributed by atoms with Gasteiger partial charge in [-0.2, -0.15) is 5.26 Å². The van der Waals surface area contributed by atoms with E-state index in [1.54, 1.807) is 13.0 Å². The summed E-state index contributed by atoms with van der Waals surface area (Å²) in [4.78, 5) is 22.1. The highest BCUT2D eigenvalue weighted by Gasteiger charge is 2.16. The third-order valence-electron chi connectivity index (χ3n) is 2.33. The topological polar surface area (TPSA) is 93.2 Å². The summed E-state index contributed by atoms with van der Waals surface area (Å²) in [5, 5.41) is 19.7. The molecule has 0 N–H and O–H groups in total. The van der Waals surface area contributed by atoms with E-state index in [-0.39, 0.29) is 29.9 Å². The fourth-order valence-electron chi connectivity index (χ4n) is 1.48. The second-order valence-corrected chi connectivity index (χ2v) is 4.60. The van der Waals surface area contributed by atoms with Crippen LogP contribution in [0.5, 0.6) is 0 Å². The van der Waals surface area contributed by atoms with E-state index in [1.807, 2.05) is 6.07 Å². The highest BCUT2D eigenvalue weighted by molar-refractivity contribution is 9.10. The van der Waals surface area contributed by atoms with E-state index in [0.29, 0.717) is 4.47 Å². The SMILES string of the molecule is CCOC(=O)C(=Cc1ccc(Br)cc1[N+](=O)[O-])CC#N. The summed E-state index contributed by atoms with van der Waals surface area (Å²) in [5.41, 5.74) is 0.176. The average Bonchev–Trinajstić information content (AvgIpc) is 2.40. The first-order valence-corrected chi connectivity index (χ1v) is 6.47. The number of nitro benzene ring substituents is 1. The molecule has 0 saturated heterocycles. The number of halogens is 1. The normalized spacial score (nSPS) is 10.8. The molecule has 0 aliphatic rings. The van der Waals surface area contributed by atoms with Gasteiger partial charge in [0.25, 0.3) is 5.69 Å². The van der Waals surface area contributed by atoms with Crippen LogP contribution >= 0.6 is 15.9 Å². The molecule has 0 radical (unpaired) electrons. The van der Waals surface area contributed by atoms with Crippen molar-refractivity contribution < 1.29 is 14.5 Å². The maximum absolute atomic E-state index is 11.7. The molecule has 0 saturated carbocycles. The largest absolute Gasteiger partial charge is 0.463 e. The zero-order chi connectivity index (χ0) is 15.1. The lowest BCUT2D eigenvalue weighted by atomic mass is 10.1. The van der Waals surface area contributed by atoms with Gasteiger partial charge in [0, 0.05) is 10.5 Å². The van der Waals surface area contributed by atoms with Gasteiger partial charge >= 0.3 is 5.97 Å². The van der Waals surface area contributed by atoms with E-state index in [9.17, 15) is 14.9 Å². The first-order valence-electron chi connectivity index (χ1n) is 5.68. The van der Waals surface area contributed by atoms with Gasteiger partial charge in [0.15, 0.2) is 0 Å². The van der Waals surface area contributed by atoms with Crippen molar-refractivity contribution in [2.45, 2.75) is 13.3 Å². The standard InChI is InChI=1S/C13H11BrN2O4/c1-2-20-13(17)10(5-6-15)7-9-3-4-11(14)8-12(9)16(18)19/h3-4,7-8H,2,5H2,1H3. The van der Waals surface area contributed by atoms with Crippen LogP contribution in [0, 0.1) is 21.4 Å². The molecular formula is C13H11BrN2O4. The molecule has 1 aromatic carbocycles. The summed E-state index contributed by atoms with van der Waals surface area (Å²) < 4.78 is 5.37. The second kappa shape index (κ2) is 7.40. The zero-order valence-corrected chi connectivity index (χ0v) is 12.2. The van der Waals surface area contributed by atoms with Crippen molar-refractivity contribution in [2.75, 3.05) is 6.61 Å². The van der Waals surface area contributed by atoms with Gasteiger partial charge in [-0.25, -0.2) is 4.79 Å². The molecule has 0 amide bonds. The molecule has 6 nitrogen and oxygen atoms in total. The van der Waals surface area contributed by atoms with Crippen LogP contribution in [-0.2, 0) is 9.53 Å². The monoisotopic (exact) mass is 338 g/mol. The fraction of sp³-hybridized carbons (Fsp3) is 0.231. The molecule has 104 valence electrons. The number of nitrogens with zero attached hydrogens (tertiary/aromatic N) is 2. The van der Waals surface area contributed by atoms with Crippen LogP contribution in [0.1, 0.15) is 18.9 Å². The van der Waals surface area contributed by atoms with E-state index in [0.717, 1.165) is 0 Å². The number of nitro groups is 1. The fourth-order valence-corrected chi connectivity index (χ4v) is 1.82. The van der Waals surface area contributed by atoms with Gasteiger partial charge in [-0.15, -0.1) is 0 Å². The Balaban J connectivity index is 3.27. The van der Waals surface area contributed by atoms with Crippen molar-refractivity contribution in [3.63, 3.8) is 0 Å². The average molecular weight is 339 g/mol. The van der Waals surface area contributed by atoms with Gasteiger partial charge in [0.1, 0.15) is 0 Å². The van der Waals surface area contributed by atoms with Crippen molar-refractivity contribution in [2.24, 2.45) is 0 Å². The third kappa shape index (κ3) is 4.17.